The molecule has 1 aromatic carbocycles. The molecular weight excluding hydrogens is 316 g/mol. The Hall–Kier alpha value is -2.21. The lowest BCUT2D eigenvalue weighted by Crippen LogP contribution is -2.34. The van der Waals surface area contributed by atoms with Crippen molar-refractivity contribution in [2.45, 2.75) is 45.6 Å². The van der Waals surface area contributed by atoms with Crippen molar-refractivity contribution in [1.82, 2.24) is 20.4 Å². The first-order chi connectivity index (χ1) is 12.0. The van der Waals surface area contributed by atoms with Gasteiger partial charge in [0.25, 0.3) is 0 Å². The van der Waals surface area contributed by atoms with E-state index in [0.717, 1.165) is 6.42 Å². The fourth-order valence-corrected chi connectivity index (χ4v) is 2.62. The van der Waals surface area contributed by atoms with Gasteiger partial charge in [0.05, 0.1) is 6.04 Å². The van der Waals surface area contributed by atoms with Crippen molar-refractivity contribution < 1.29 is 9.32 Å². The summed E-state index contributed by atoms with van der Waals surface area (Å²) in [5.41, 5.74) is 2.44. The summed E-state index contributed by atoms with van der Waals surface area (Å²) in [6.07, 6.45) is 2.55. The first-order valence-corrected chi connectivity index (χ1v) is 8.80. The highest BCUT2D eigenvalue weighted by Crippen LogP contribution is 2.18. The highest BCUT2D eigenvalue weighted by atomic mass is 16.5. The third kappa shape index (κ3) is 5.98. The Bertz CT molecular complexity index is 664. The normalized spacial score (nSPS) is 12.4. The summed E-state index contributed by atoms with van der Waals surface area (Å²) in [4.78, 5) is 18.5. The van der Waals surface area contributed by atoms with Crippen molar-refractivity contribution in [3.8, 4) is 0 Å². The molecule has 6 heteroatoms. The second-order valence-electron chi connectivity index (χ2n) is 6.51. The van der Waals surface area contributed by atoms with Crippen LogP contribution in [0.15, 0.2) is 28.8 Å². The lowest BCUT2D eigenvalue weighted by molar-refractivity contribution is -0.121. The molecule has 0 saturated carbocycles. The van der Waals surface area contributed by atoms with E-state index in [2.05, 4.69) is 51.5 Å². The average Bonchev–Trinajstić information content (AvgIpc) is 3.04. The fourth-order valence-electron chi connectivity index (χ4n) is 2.62. The minimum atomic E-state index is 0.0502. The first kappa shape index (κ1) is 19.1. The number of aromatic nitrogens is 2. The van der Waals surface area contributed by atoms with E-state index in [1.807, 2.05) is 21.0 Å². The molecule has 2 aromatic rings. The van der Waals surface area contributed by atoms with Gasteiger partial charge in [-0.2, -0.15) is 4.98 Å². The molecule has 0 unspecified atom stereocenters. The summed E-state index contributed by atoms with van der Waals surface area (Å²) in [6, 6.07) is 8.60. The molecule has 2 rings (SSSR count). The number of carbonyl (C=O) groups excluding carboxylic acids is 1. The number of hydrogen-bond acceptors (Lipinski definition) is 5. The Morgan fingerprint density at radius 1 is 1.28 bits per heavy atom. The number of amides is 1. The van der Waals surface area contributed by atoms with Gasteiger partial charge in [-0.15, -0.1) is 0 Å². The van der Waals surface area contributed by atoms with E-state index in [1.54, 1.807) is 0 Å². The van der Waals surface area contributed by atoms with E-state index in [1.165, 1.54) is 11.1 Å². The highest BCUT2D eigenvalue weighted by molar-refractivity contribution is 5.75. The molecule has 0 fully saturated rings. The Kier molecular flexibility index (Phi) is 7.13. The number of hydrogen-bond donors (Lipinski definition) is 1. The number of nitrogens with zero attached hydrogens (tertiary/aromatic N) is 3. The molecule has 1 heterocycles. The summed E-state index contributed by atoms with van der Waals surface area (Å²) < 4.78 is 5.13. The van der Waals surface area contributed by atoms with Crippen LogP contribution in [-0.2, 0) is 17.6 Å². The van der Waals surface area contributed by atoms with Crippen molar-refractivity contribution in [3.05, 3.63) is 47.1 Å². The highest BCUT2D eigenvalue weighted by Gasteiger charge is 2.15. The van der Waals surface area contributed by atoms with Gasteiger partial charge in [-0.1, -0.05) is 41.9 Å². The third-order valence-electron chi connectivity index (χ3n) is 4.20. The van der Waals surface area contributed by atoms with Gasteiger partial charge in [0, 0.05) is 25.8 Å². The first-order valence-electron chi connectivity index (χ1n) is 8.80. The van der Waals surface area contributed by atoms with Gasteiger partial charge >= 0.3 is 0 Å². The zero-order valence-corrected chi connectivity index (χ0v) is 15.6. The van der Waals surface area contributed by atoms with Crippen molar-refractivity contribution in [1.29, 1.82) is 0 Å². The molecule has 0 spiro atoms. The van der Waals surface area contributed by atoms with E-state index in [9.17, 15) is 4.79 Å². The topological polar surface area (TPSA) is 71.3 Å². The van der Waals surface area contributed by atoms with Crippen LogP contribution in [-0.4, -0.2) is 41.6 Å². The van der Waals surface area contributed by atoms with E-state index < -0.39 is 0 Å². The number of carbonyl (C=O) groups is 1. The minimum absolute atomic E-state index is 0.0502. The summed E-state index contributed by atoms with van der Waals surface area (Å²) >= 11 is 0. The van der Waals surface area contributed by atoms with Crippen molar-refractivity contribution >= 4 is 5.91 Å². The van der Waals surface area contributed by atoms with Crippen LogP contribution < -0.4 is 5.32 Å². The zero-order chi connectivity index (χ0) is 18.2. The van der Waals surface area contributed by atoms with E-state index in [-0.39, 0.29) is 11.9 Å². The second-order valence-corrected chi connectivity index (χ2v) is 6.51. The lowest BCUT2D eigenvalue weighted by Gasteiger charge is -2.25. The third-order valence-corrected chi connectivity index (χ3v) is 4.20. The second kappa shape index (κ2) is 9.32. The maximum atomic E-state index is 12.1. The van der Waals surface area contributed by atoms with Crippen LogP contribution in [0.25, 0.3) is 0 Å². The maximum Gasteiger partial charge on any atom is 0.226 e. The standard InChI is InChI=1S/C19H28N4O2/c1-5-17-21-19(25-22-17)8-6-7-18(24)20-13-16(23(3)4)15-11-9-14(2)10-12-15/h9-12,16H,5-8,13H2,1-4H3,(H,20,24)/t16-/m1/s1. The number of nitrogens with one attached hydrogen (secondary N) is 1. The average molecular weight is 344 g/mol. The van der Waals surface area contributed by atoms with E-state index in [0.29, 0.717) is 37.5 Å². The number of likely N-dealkylation sites (N-methyl/N-ethyl adjacent to an activating group) is 1. The van der Waals surface area contributed by atoms with Crippen molar-refractivity contribution in [2.24, 2.45) is 0 Å². The van der Waals surface area contributed by atoms with Crippen LogP contribution in [0.1, 0.15) is 48.6 Å². The van der Waals surface area contributed by atoms with Crippen LogP contribution in [0.4, 0.5) is 0 Å². The van der Waals surface area contributed by atoms with Crippen LogP contribution in [0, 0.1) is 6.92 Å². The SMILES string of the molecule is CCc1noc(CCCC(=O)NC[C@H](c2ccc(C)cc2)N(C)C)n1. The van der Waals surface area contributed by atoms with Crippen LogP contribution in [0.3, 0.4) is 0 Å². The largest absolute Gasteiger partial charge is 0.354 e. The Morgan fingerprint density at radius 3 is 2.60 bits per heavy atom. The molecule has 6 nitrogen and oxygen atoms in total. The molecule has 25 heavy (non-hydrogen) atoms. The minimum Gasteiger partial charge on any atom is -0.354 e. The Labute approximate surface area is 149 Å². The molecular formula is C19H28N4O2. The van der Waals surface area contributed by atoms with Gasteiger partial charge in [-0.3, -0.25) is 4.79 Å². The molecule has 1 amide bonds. The molecule has 1 atom stereocenters. The molecule has 0 radical (unpaired) electrons. The summed E-state index contributed by atoms with van der Waals surface area (Å²) in [7, 11) is 4.05. The molecule has 0 aliphatic carbocycles. The van der Waals surface area contributed by atoms with Gasteiger partial charge < -0.3 is 14.7 Å². The quantitative estimate of drug-likeness (QED) is 0.757. The molecule has 0 saturated heterocycles. The zero-order valence-electron chi connectivity index (χ0n) is 15.6. The predicted octanol–water partition coefficient (Wildman–Crippen LogP) is 2.68. The smallest absolute Gasteiger partial charge is 0.226 e. The van der Waals surface area contributed by atoms with Gasteiger partial charge in [-0.25, -0.2) is 0 Å². The Balaban J connectivity index is 1.77. The van der Waals surface area contributed by atoms with E-state index in [4.69, 9.17) is 4.52 Å². The monoisotopic (exact) mass is 344 g/mol. The van der Waals surface area contributed by atoms with Gasteiger partial charge in [-0.05, 0) is 33.0 Å². The molecule has 0 aliphatic heterocycles. The van der Waals surface area contributed by atoms with Gasteiger partial charge in [0.1, 0.15) is 0 Å². The maximum absolute atomic E-state index is 12.1. The molecule has 0 bridgehead atoms. The summed E-state index contributed by atoms with van der Waals surface area (Å²) in [6.45, 7) is 4.65. The van der Waals surface area contributed by atoms with Crippen molar-refractivity contribution in [2.75, 3.05) is 20.6 Å². The van der Waals surface area contributed by atoms with Gasteiger partial charge in [0.15, 0.2) is 5.82 Å². The molecule has 1 aromatic heterocycles. The van der Waals surface area contributed by atoms with Crippen LogP contribution >= 0.6 is 0 Å². The molecule has 1 N–H and O–H groups in total. The lowest BCUT2D eigenvalue weighted by atomic mass is 10.0. The molecule has 136 valence electrons. The number of benzene rings is 1. The molecule has 0 aliphatic rings. The number of rotatable bonds is 9. The Morgan fingerprint density at radius 2 is 2.00 bits per heavy atom. The fraction of sp³-hybridized carbons (Fsp3) is 0.526. The van der Waals surface area contributed by atoms with Crippen LogP contribution in [0.5, 0.6) is 0 Å². The number of aryl methyl sites for hydroxylation is 3. The predicted molar refractivity (Wildman–Crippen MR) is 97.2 cm³/mol. The summed E-state index contributed by atoms with van der Waals surface area (Å²) in [5.74, 6) is 1.37. The van der Waals surface area contributed by atoms with Gasteiger partial charge in [0.2, 0.25) is 11.8 Å². The summed E-state index contributed by atoms with van der Waals surface area (Å²) in [5, 5.41) is 6.89. The van der Waals surface area contributed by atoms with E-state index >= 15 is 0 Å². The van der Waals surface area contributed by atoms with Crippen LogP contribution in [0.2, 0.25) is 0 Å². The van der Waals surface area contributed by atoms with Crippen molar-refractivity contribution in [3.63, 3.8) is 0 Å².